The third kappa shape index (κ3) is 2.72. The first-order valence-electron chi connectivity index (χ1n) is 6.70. The van der Waals surface area contributed by atoms with Gasteiger partial charge in [0.1, 0.15) is 0 Å². The third-order valence-corrected chi connectivity index (χ3v) is 4.17. The van der Waals surface area contributed by atoms with E-state index < -0.39 is 11.9 Å². The summed E-state index contributed by atoms with van der Waals surface area (Å²) in [7, 11) is 0. The maximum Gasteiger partial charge on any atom is 0.312 e. The number of rotatable bonds is 6. The van der Waals surface area contributed by atoms with Crippen molar-refractivity contribution in [1.82, 2.24) is 5.32 Å². The second kappa shape index (κ2) is 5.53. The Balaban J connectivity index is 2.01. The lowest BCUT2D eigenvalue weighted by molar-refractivity contribution is -0.138. The standard InChI is InChI=1S/C15H21NO2/c1-2-15(9-6-10-15)16-11-13(14(17)18)12-7-4-3-5-8-12/h3-5,7-8,13,16H,2,6,9-11H2,1H3,(H,17,18). The van der Waals surface area contributed by atoms with Crippen LogP contribution in [-0.4, -0.2) is 23.2 Å². The molecule has 2 rings (SSSR count). The molecule has 0 saturated heterocycles. The van der Waals surface area contributed by atoms with Gasteiger partial charge in [0, 0.05) is 12.1 Å². The Morgan fingerprint density at radius 3 is 2.50 bits per heavy atom. The smallest absolute Gasteiger partial charge is 0.312 e. The van der Waals surface area contributed by atoms with Gasteiger partial charge in [-0.3, -0.25) is 4.79 Å². The molecule has 18 heavy (non-hydrogen) atoms. The minimum atomic E-state index is -0.751. The van der Waals surface area contributed by atoms with Crippen LogP contribution in [0, 0.1) is 0 Å². The number of hydrogen-bond donors (Lipinski definition) is 2. The summed E-state index contributed by atoms with van der Waals surface area (Å²) in [6.45, 7) is 2.69. The van der Waals surface area contributed by atoms with Gasteiger partial charge in [0.15, 0.2) is 0 Å². The van der Waals surface area contributed by atoms with Crippen molar-refractivity contribution in [3.8, 4) is 0 Å². The quantitative estimate of drug-likeness (QED) is 0.812. The number of carboxylic acid groups (broad SMARTS) is 1. The number of benzene rings is 1. The molecule has 98 valence electrons. The molecular weight excluding hydrogens is 226 g/mol. The van der Waals surface area contributed by atoms with Gasteiger partial charge in [-0.05, 0) is 31.2 Å². The predicted octanol–water partition coefficient (Wildman–Crippen LogP) is 2.78. The molecule has 1 aliphatic carbocycles. The molecule has 0 aromatic heterocycles. The molecule has 1 aromatic carbocycles. The number of aliphatic carboxylic acids is 1. The summed E-state index contributed by atoms with van der Waals surface area (Å²) in [4.78, 5) is 11.4. The second-order valence-corrected chi connectivity index (χ2v) is 5.17. The van der Waals surface area contributed by atoms with Crippen molar-refractivity contribution in [3.05, 3.63) is 35.9 Å². The zero-order chi connectivity index (χ0) is 13.0. The van der Waals surface area contributed by atoms with Crippen LogP contribution < -0.4 is 5.32 Å². The third-order valence-electron chi connectivity index (χ3n) is 4.17. The number of carboxylic acids is 1. The van der Waals surface area contributed by atoms with Crippen LogP contribution >= 0.6 is 0 Å². The normalized spacial score (nSPS) is 18.9. The molecule has 3 heteroatoms. The molecule has 1 fully saturated rings. The zero-order valence-electron chi connectivity index (χ0n) is 10.9. The van der Waals surface area contributed by atoms with Crippen LogP contribution in [0.3, 0.4) is 0 Å². The highest BCUT2D eigenvalue weighted by molar-refractivity contribution is 5.76. The molecule has 1 atom stereocenters. The van der Waals surface area contributed by atoms with Crippen molar-refractivity contribution in [2.75, 3.05) is 6.54 Å². The number of nitrogens with one attached hydrogen (secondary N) is 1. The van der Waals surface area contributed by atoms with Crippen LogP contribution in [0.15, 0.2) is 30.3 Å². The minimum Gasteiger partial charge on any atom is -0.481 e. The van der Waals surface area contributed by atoms with E-state index >= 15 is 0 Å². The van der Waals surface area contributed by atoms with Crippen LogP contribution in [0.1, 0.15) is 44.1 Å². The lowest BCUT2D eigenvalue weighted by Crippen LogP contribution is -2.52. The maximum atomic E-state index is 11.4. The fourth-order valence-corrected chi connectivity index (χ4v) is 2.61. The summed E-state index contributed by atoms with van der Waals surface area (Å²) in [6.07, 6.45) is 4.67. The van der Waals surface area contributed by atoms with Crippen LogP contribution in [-0.2, 0) is 4.79 Å². The second-order valence-electron chi connectivity index (χ2n) is 5.17. The van der Waals surface area contributed by atoms with Crippen molar-refractivity contribution >= 4 is 5.97 Å². The minimum absolute atomic E-state index is 0.197. The van der Waals surface area contributed by atoms with Crippen LogP contribution in [0.5, 0.6) is 0 Å². The van der Waals surface area contributed by atoms with Crippen molar-refractivity contribution in [2.24, 2.45) is 0 Å². The van der Waals surface area contributed by atoms with E-state index in [1.165, 1.54) is 19.3 Å². The summed E-state index contributed by atoms with van der Waals surface area (Å²) in [5.41, 5.74) is 1.07. The molecule has 1 saturated carbocycles. The molecule has 0 heterocycles. The van der Waals surface area contributed by atoms with Gasteiger partial charge in [0.05, 0.1) is 5.92 Å². The summed E-state index contributed by atoms with van der Waals surface area (Å²) in [5, 5.41) is 12.8. The molecule has 0 bridgehead atoms. The van der Waals surface area contributed by atoms with Gasteiger partial charge in [0.25, 0.3) is 0 Å². The van der Waals surface area contributed by atoms with Gasteiger partial charge in [0.2, 0.25) is 0 Å². The van der Waals surface area contributed by atoms with E-state index in [1.807, 2.05) is 30.3 Å². The van der Waals surface area contributed by atoms with E-state index in [0.717, 1.165) is 12.0 Å². The van der Waals surface area contributed by atoms with E-state index in [0.29, 0.717) is 6.54 Å². The molecule has 3 nitrogen and oxygen atoms in total. The van der Waals surface area contributed by atoms with Gasteiger partial charge in [-0.25, -0.2) is 0 Å². The highest BCUT2D eigenvalue weighted by atomic mass is 16.4. The molecule has 0 radical (unpaired) electrons. The van der Waals surface area contributed by atoms with E-state index in [9.17, 15) is 9.90 Å². The Hall–Kier alpha value is -1.35. The van der Waals surface area contributed by atoms with Crippen molar-refractivity contribution in [2.45, 2.75) is 44.1 Å². The molecule has 0 amide bonds. The monoisotopic (exact) mass is 247 g/mol. The van der Waals surface area contributed by atoms with Crippen LogP contribution in [0.25, 0.3) is 0 Å². The highest BCUT2D eigenvalue weighted by Crippen LogP contribution is 2.35. The Morgan fingerprint density at radius 1 is 1.39 bits per heavy atom. The molecule has 1 aliphatic rings. The van der Waals surface area contributed by atoms with Gasteiger partial charge in [-0.2, -0.15) is 0 Å². The number of hydrogen-bond acceptors (Lipinski definition) is 2. The summed E-state index contributed by atoms with van der Waals surface area (Å²) in [6, 6.07) is 9.48. The van der Waals surface area contributed by atoms with Crippen molar-refractivity contribution in [3.63, 3.8) is 0 Å². The molecule has 2 N–H and O–H groups in total. The first-order valence-corrected chi connectivity index (χ1v) is 6.70. The average Bonchev–Trinajstić information content (AvgIpc) is 2.33. The first kappa shape index (κ1) is 13.1. The van der Waals surface area contributed by atoms with E-state index in [4.69, 9.17) is 0 Å². The highest BCUT2D eigenvalue weighted by Gasteiger charge is 2.35. The summed E-state index contributed by atoms with van der Waals surface area (Å²) in [5.74, 6) is -1.20. The SMILES string of the molecule is CCC1(NCC(C(=O)O)c2ccccc2)CCC1. The Kier molecular flexibility index (Phi) is 4.02. The van der Waals surface area contributed by atoms with Gasteiger partial charge >= 0.3 is 5.97 Å². The summed E-state index contributed by atoms with van der Waals surface area (Å²) < 4.78 is 0. The Morgan fingerprint density at radius 2 is 2.06 bits per heavy atom. The zero-order valence-corrected chi connectivity index (χ0v) is 10.9. The fourth-order valence-electron chi connectivity index (χ4n) is 2.61. The topological polar surface area (TPSA) is 49.3 Å². The Labute approximate surface area is 108 Å². The number of carbonyl (C=O) groups is 1. The molecular formula is C15H21NO2. The van der Waals surface area contributed by atoms with Gasteiger partial charge in [-0.15, -0.1) is 0 Å². The molecule has 1 unspecified atom stereocenters. The predicted molar refractivity (Wildman–Crippen MR) is 71.7 cm³/mol. The molecule has 1 aromatic rings. The van der Waals surface area contributed by atoms with E-state index in [-0.39, 0.29) is 5.54 Å². The van der Waals surface area contributed by atoms with Gasteiger partial charge < -0.3 is 10.4 Å². The van der Waals surface area contributed by atoms with Crippen LogP contribution in [0.2, 0.25) is 0 Å². The fraction of sp³-hybridized carbons (Fsp3) is 0.533. The summed E-state index contributed by atoms with van der Waals surface area (Å²) >= 11 is 0. The van der Waals surface area contributed by atoms with Crippen molar-refractivity contribution in [1.29, 1.82) is 0 Å². The first-order chi connectivity index (χ1) is 8.67. The Bertz CT molecular complexity index is 393. The lowest BCUT2D eigenvalue weighted by Gasteiger charge is -2.43. The molecule has 0 spiro atoms. The van der Waals surface area contributed by atoms with E-state index in [2.05, 4.69) is 12.2 Å². The maximum absolute atomic E-state index is 11.4. The average molecular weight is 247 g/mol. The van der Waals surface area contributed by atoms with Crippen LogP contribution in [0.4, 0.5) is 0 Å². The lowest BCUT2D eigenvalue weighted by atomic mass is 9.74. The van der Waals surface area contributed by atoms with Crippen molar-refractivity contribution < 1.29 is 9.90 Å². The largest absolute Gasteiger partial charge is 0.481 e. The molecule has 0 aliphatic heterocycles. The van der Waals surface area contributed by atoms with Gasteiger partial charge in [-0.1, -0.05) is 37.3 Å². The van der Waals surface area contributed by atoms with E-state index in [1.54, 1.807) is 0 Å².